The maximum atomic E-state index is 11.1. The molecule has 3 amide bonds. The quantitative estimate of drug-likeness (QED) is 0.541. The summed E-state index contributed by atoms with van der Waals surface area (Å²) in [6.07, 6.45) is 5.60. The molecule has 1 unspecified atom stereocenters. The highest BCUT2D eigenvalue weighted by molar-refractivity contribution is 6.19. The average Bonchev–Trinajstić information content (AvgIpc) is 2.03. The van der Waals surface area contributed by atoms with Crippen molar-refractivity contribution in [3.05, 3.63) is 0 Å². The Balaban J connectivity index is 3.76. The largest absolute Gasteiger partial charge is 0.334 e. The molecule has 0 rings (SSSR count). The summed E-state index contributed by atoms with van der Waals surface area (Å²) in [5.41, 5.74) is 0. The highest BCUT2D eigenvalue weighted by Gasteiger charge is 2.08. The Morgan fingerprint density at radius 3 is 2.71 bits per heavy atom. The molecule has 0 aromatic heterocycles. The molecule has 14 heavy (non-hydrogen) atoms. The van der Waals surface area contributed by atoms with Crippen molar-refractivity contribution in [2.75, 3.05) is 5.88 Å². The van der Waals surface area contributed by atoms with Crippen LogP contribution < -0.4 is 10.6 Å². The van der Waals surface area contributed by atoms with Gasteiger partial charge in [0.15, 0.2) is 0 Å². The zero-order chi connectivity index (χ0) is 11.0. The molecule has 0 fully saturated rings. The van der Waals surface area contributed by atoms with E-state index in [4.69, 9.17) is 18.0 Å². The van der Waals surface area contributed by atoms with Crippen molar-refractivity contribution in [1.82, 2.24) is 10.6 Å². The van der Waals surface area contributed by atoms with E-state index in [2.05, 4.69) is 16.6 Å². The molecular weight excluding hydrogens is 204 g/mol. The van der Waals surface area contributed by atoms with Crippen molar-refractivity contribution >= 4 is 23.5 Å². The highest BCUT2D eigenvalue weighted by atomic mass is 35.5. The van der Waals surface area contributed by atoms with E-state index in [-0.39, 0.29) is 18.3 Å². The lowest BCUT2D eigenvalue weighted by atomic mass is 10.2. The minimum absolute atomic E-state index is 0.124. The Bertz CT molecular complexity index is 248. The van der Waals surface area contributed by atoms with Gasteiger partial charge in [0.25, 0.3) is 0 Å². The smallest absolute Gasteiger partial charge is 0.321 e. The van der Waals surface area contributed by atoms with Crippen LogP contribution in [0.2, 0.25) is 0 Å². The molecule has 0 aliphatic heterocycles. The molecule has 78 valence electrons. The molecule has 0 heterocycles. The minimum atomic E-state index is -0.539. The van der Waals surface area contributed by atoms with Gasteiger partial charge in [0, 0.05) is 24.8 Å². The summed E-state index contributed by atoms with van der Waals surface area (Å²) in [6, 6.07) is -0.688. The van der Waals surface area contributed by atoms with E-state index in [9.17, 15) is 9.59 Å². The summed E-state index contributed by atoms with van der Waals surface area (Å²) < 4.78 is 0. The van der Waals surface area contributed by atoms with E-state index in [0.29, 0.717) is 6.42 Å². The number of nitrogens with one attached hydrogen (secondary N) is 2. The fourth-order valence-electron chi connectivity index (χ4n) is 0.763. The third kappa shape index (κ3) is 6.32. The Labute approximate surface area is 88.4 Å². The molecule has 0 bridgehead atoms. The van der Waals surface area contributed by atoms with Crippen molar-refractivity contribution in [2.24, 2.45) is 0 Å². The molecule has 0 aliphatic rings. The summed E-state index contributed by atoms with van der Waals surface area (Å²) in [5, 5.41) is 4.64. The molecule has 0 aromatic rings. The predicted octanol–water partition coefficient (Wildman–Crippen LogP) is 0.853. The second-order valence-corrected chi connectivity index (χ2v) is 3.15. The fraction of sp³-hybridized carbons (Fsp3) is 0.556. The topological polar surface area (TPSA) is 58.2 Å². The second-order valence-electron chi connectivity index (χ2n) is 2.77. The van der Waals surface area contributed by atoms with Gasteiger partial charge in [-0.05, 0) is 6.92 Å². The van der Waals surface area contributed by atoms with Gasteiger partial charge in [0.1, 0.15) is 0 Å². The van der Waals surface area contributed by atoms with Crippen molar-refractivity contribution in [3.63, 3.8) is 0 Å². The van der Waals surface area contributed by atoms with Gasteiger partial charge in [-0.2, -0.15) is 0 Å². The van der Waals surface area contributed by atoms with Crippen LogP contribution in [0.1, 0.15) is 19.8 Å². The summed E-state index contributed by atoms with van der Waals surface area (Å²) in [7, 11) is 0. The van der Waals surface area contributed by atoms with E-state index in [1.54, 1.807) is 6.92 Å². The first kappa shape index (κ1) is 12.8. The van der Waals surface area contributed by atoms with Crippen LogP contribution in [0.15, 0.2) is 0 Å². The van der Waals surface area contributed by atoms with E-state index >= 15 is 0 Å². The van der Waals surface area contributed by atoms with Crippen LogP contribution in [0.25, 0.3) is 0 Å². The Morgan fingerprint density at radius 2 is 2.21 bits per heavy atom. The van der Waals surface area contributed by atoms with Gasteiger partial charge in [-0.3, -0.25) is 10.1 Å². The summed E-state index contributed by atoms with van der Waals surface area (Å²) in [6.45, 7) is 1.76. The van der Waals surface area contributed by atoms with Gasteiger partial charge in [-0.1, -0.05) is 0 Å². The van der Waals surface area contributed by atoms with Crippen LogP contribution in [-0.4, -0.2) is 23.9 Å². The van der Waals surface area contributed by atoms with Crippen LogP contribution in [0, 0.1) is 12.3 Å². The third-order valence-electron chi connectivity index (χ3n) is 1.38. The van der Waals surface area contributed by atoms with Crippen molar-refractivity contribution in [2.45, 2.75) is 25.8 Å². The third-order valence-corrected chi connectivity index (χ3v) is 1.57. The lowest BCUT2D eigenvalue weighted by Gasteiger charge is -2.10. The number of hydrogen-bond donors (Lipinski definition) is 2. The normalized spacial score (nSPS) is 11.2. The number of hydrogen-bond acceptors (Lipinski definition) is 2. The molecule has 0 aliphatic carbocycles. The monoisotopic (exact) mass is 216 g/mol. The van der Waals surface area contributed by atoms with Crippen LogP contribution in [0.5, 0.6) is 0 Å². The van der Waals surface area contributed by atoms with Gasteiger partial charge in [0.2, 0.25) is 5.91 Å². The maximum Gasteiger partial charge on any atom is 0.321 e. The first-order valence-corrected chi connectivity index (χ1v) is 4.73. The first-order chi connectivity index (χ1) is 6.60. The molecule has 2 N–H and O–H groups in total. The van der Waals surface area contributed by atoms with Crippen LogP contribution in [0.4, 0.5) is 4.79 Å². The number of terminal acetylenes is 1. The number of carbonyl (C=O) groups is 2. The fourth-order valence-corrected chi connectivity index (χ4v) is 0.934. The van der Waals surface area contributed by atoms with E-state index in [1.807, 2.05) is 0 Å². The van der Waals surface area contributed by atoms with Crippen molar-refractivity contribution in [1.29, 1.82) is 0 Å². The Hall–Kier alpha value is -1.21. The van der Waals surface area contributed by atoms with Gasteiger partial charge >= 0.3 is 6.03 Å². The van der Waals surface area contributed by atoms with Gasteiger partial charge < -0.3 is 5.32 Å². The zero-order valence-corrected chi connectivity index (χ0v) is 8.73. The number of carbonyl (C=O) groups excluding carboxylic acids is 2. The van der Waals surface area contributed by atoms with E-state index in [0.717, 1.165) is 0 Å². The number of imide groups is 1. The molecule has 5 heteroatoms. The summed E-state index contributed by atoms with van der Waals surface area (Å²) in [4.78, 5) is 22.0. The first-order valence-electron chi connectivity index (χ1n) is 4.20. The van der Waals surface area contributed by atoms with Crippen LogP contribution in [-0.2, 0) is 4.79 Å². The number of amides is 3. The van der Waals surface area contributed by atoms with E-state index in [1.165, 1.54) is 0 Å². The molecule has 0 saturated heterocycles. The maximum absolute atomic E-state index is 11.1. The molecule has 0 radical (unpaired) electrons. The number of halogens is 1. The Kier molecular flexibility index (Phi) is 6.59. The average molecular weight is 217 g/mol. The summed E-state index contributed by atoms with van der Waals surface area (Å²) in [5.74, 6) is 2.20. The minimum Gasteiger partial charge on any atom is -0.334 e. The standard InChI is InChI=1S/C9H13ClN2O2/c1-3-4-7(2)11-9(14)12-8(13)5-6-10/h1,7H,4-6H2,2H3,(H2,11,12,13,14). The number of urea groups is 1. The van der Waals surface area contributed by atoms with Gasteiger partial charge in [-0.25, -0.2) is 4.79 Å². The van der Waals surface area contributed by atoms with Crippen molar-refractivity contribution < 1.29 is 9.59 Å². The highest BCUT2D eigenvalue weighted by Crippen LogP contribution is 1.88. The van der Waals surface area contributed by atoms with Gasteiger partial charge in [-0.15, -0.1) is 23.9 Å². The number of rotatable bonds is 4. The molecule has 0 spiro atoms. The van der Waals surface area contributed by atoms with E-state index < -0.39 is 11.9 Å². The SMILES string of the molecule is C#CCC(C)NC(=O)NC(=O)CCCl. The number of alkyl halides is 1. The van der Waals surface area contributed by atoms with Crippen LogP contribution >= 0.6 is 11.6 Å². The lowest BCUT2D eigenvalue weighted by Crippen LogP contribution is -2.43. The van der Waals surface area contributed by atoms with Crippen molar-refractivity contribution in [3.8, 4) is 12.3 Å². The van der Waals surface area contributed by atoms with Gasteiger partial charge in [0.05, 0.1) is 0 Å². The Morgan fingerprint density at radius 1 is 1.57 bits per heavy atom. The second kappa shape index (κ2) is 7.22. The molecule has 0 saturated carbocycles. The molecule has 1 atom stereocenters. The molecule has 0 aromatic carbocycles. The van der Waals surface area contributed by atoms with Crippen LogP contribution in [0.3, 0.4) is 0 Å². The predicted molar refractivity (Wildman–Crippen MR) is 54.9 cm³/mol. The molecular formula is C9H13ClN2O2. The zero-order valence-electron chi connectivity index (χ0n) is 7.97. The molecule has 4 nitrogen and oxygen atoms in total. The summed E-state index contributed by atoms with van der Waals surface area (Å²) >= 11 is 5.32. The lowest BCUT2D eigenvalue weighted by molar-refractivity contribution is -0.119.